The average molecular weight is 755 g/mol. The Morgan fingerprint density at radius 2 is 0.596 bits per heavy atom. The van der Waals surface area contributed by atoms with Gasteiger partial charge < -0.3 is 9.05 Å². The molecule has 0 saturated carbocycles. The smallest absolute Gasteiger partial charge is 0.304 e. The summed E-state index contributed by atoms with van der Waals surface area (Å²) in [6.45, 7) is 28.3. The Kier molecular flexibility index (Phi) is 32.4. The first-order chi connectivity index (χ1) is 25.1. The first kappa shape index (κ1) is 52.2. The van der Waals surface area contributed by atoms with Crippen molar-refractivity contribution in [3.05, 3.63) is 0 Å². The third kappa shape index (κ3) is 19.8. The number of hydrogen-bond donors (Lipinski definition) is 0. The molecule has 0 aliphatic heterocycles. The molecule has 0 N–H and O–H groups in total. The summed E-state index contributed by atoms with van der Waals surface area (Å²) in [5.74, 6) is 3.22. The predicted molar refractivity (Wildman–Crippen MR) is 235 cm³/mol. The summed E-state index contributed by atoms with van der Waals surface area (Å²) >= 11 is 0. The fourth-order valence-electron chi connectivity index (χ4n) is 9.83. The monoisotopic (exact) mass is 755 g/mol. The molecule has 52 heavy (non-hydrogen) atoms. The van der Waals surface area contributed by atoms with Crippen molar-refractivity contribution in [2.75, 3.05) is 0 Å². The van der Waals surface area contributed by atoms with E-state index in [1.54, 1.807) is 0 Å². The number of hydrogen-bond acceptors (Lipinski definition) is 3. The van der Waals surface area contributed by atoms with E-state index >= 15 is 4.57 Å². The Balaban J connectivity index is 7.50. The van der Waals surface area contributed by atoms with Gasteiger partial charge in [0.25, 0.3) is 0 Å². The van der Waals surface area contributed by atoms with Crippen molar-refractivity contribution in [3.8, 4) is 0 Å². The fourth-order valence-corrected chi connectivity index (χ4v) is 11.2. The molecule has 314 valence electrons. The highest BCUT2D eigenvalue weighted by molar-refractivity contribution is 7.33. The van der Waals surface area contributed by atoms with Gasteiger partial charge in [0, 0.05) is 0 Å². The number of unbranched alkanes of at least 4 members (excludes halogenated alkanes) is 6. The van der Waals surface area contributed by atoms with Gasteiger partial charge in [-0.25, -0.2) is 0 Å². The Labute approximate surface area is 330 Å². The van der Waals surface area contributed by atoms with Crippen LogP contribution in [0, 0.1) is 35.5 Å². The third-order valence-corrected chi connectivity index (χ3v) is 14.7. The maximum Gasteiger partial charge on any atom is 0.320 e. The molecule has 3 nitrogen and oxygen atoms in total. The Hall–Kier alpha value is 0.150. The van der Waals surface area contributed by atoms with Gasteiger partial charge >= 0.3 is 8.25 Å². The second kappa shape index (κ2) is 32.3. The van der Waals surface area contributed by atoms with Crippen LogP contribution >= 0.6 is 8.25 Å². The van der Waals surface area contributed by atoms with Gasteiger partial charge in [-0.3, -0.25) is 4.57 Å². The summed E-state index contributed by atoms with van der Waals surface area (Å²) in [6, 6.07) is 0. The van der Waals surface area contributed by atoms with E-state index in [0.717, 1.165) is 38.5 Å². The molecular weight excluding hydrogens is 655 g/mol. The quantitative estimate of drug-likeness (QED) is 0.0589. The van der Waals surface area contributed by atoms with Crippen molar-refractivity contribution >= 4 is 8.25 Å². The summed E-state index contributed by atoms with van der Waals surface area (Å²) in [7, 11) is -2.80. The minimum absolute atomic E-state index is 0.390. The highest BCUT2D eigenvalue weighted by Gasteiger charge is 2.47. The maximum atomic E-state index is 15.3. The van der Waals surface area contributed by atoms with Crippen LogP contribution in [0.4, 0.5) is 0 Å². The standard InChI is InChI=1S/C48H99O3P/c1-13-25-31-41(19-7)37-47(45(23-11)35-29-17-5,38-42(20-8)32-26-14-2)50-52(49)51-48(46(24-12)36-30-18-6,39-43(21-9)33-27-15-3)40-44(22-10)34-28-16-4/h41-46,52H,13-40H2,1-12H3. The minimum atomic E-state index is -2.80. The molecule has 0 spiro atoms. The molecule has 0 aliphatic carbocycles. The first-order valence-corrected chi connectivity index (χ1v) is 25.3. The van der Waals surface area contributed by atoms with Crippen molar-refractivity contribution in [1.82, 2.24) is 0 Å². The Bertz CT molecular complexity index is 713. The molecule has 0 amide bonds. The van der Waals surface area contributed by atoms with Crippen LogP contribution in [-0.2, 0) is 13.6 Å². The molecule has 0 bridgehead atoms. The van der Waals surface area contributed by atoms with E-state index < -0.39 is 19.5 Å². The van der Waals surface area contributed by atoms with Crippen molar-refractivity contribution in [1.29, 1.82) is 0 Å². The molecule has 0 heterocycles. The topological polar surface area (TPSA) is 35.5 Å². The van der Waals surface area contributed by atoms with Crippen molar-refractivity contribution in [2.45, 2.75) is 274 Å². The number of rotatable bonds is 38. The molecule has 0 aromatic carbocycles. The molecule has 0 fully saturated rings. The lowest BCUT2D eigenvalue weighted by Gasteiger charge is -2.47. The second-order valence-corrected chi connectivity index (χ2v) is 18.5. The predicted octanol–water partition coefficient (Wildman–Crippen LogP) is 17.7. The van der Waals surface area contributed by atoms with Crippen LogP contribution in [-0.4, -0.2) is 11.2 Å². The van der Waals surface area contributed by atoms with E-state index in [0.29, 0.717) is 35.5 Å². The average Bonchev–Trinajstić information content (AvgIpc) is 3.15. The van der Waals surface area contributed by atoms with Crippen LogP contribution in [0.5, 0.6) is 0 Å². The maximum absolute atomic E-state index is 15.3. The van der Waals surface area contributed by atoms with Gasteiger partial charge in [-0.15, -0.1) is 0 Å². The van der Waals surface area contributed by atoms with Crippen LogP contribution in [0.3, 0.4) is 0 Å². The van der Waals surface area contributed by atoms with Crippen LogP contribution in [0.15, 0.2) is 0 Å². The van der Waals surface area contributed by atoms with E-state index in [2.05, 4.69) is 83.1 Å². The SMILES string of the molecule is CCCCC(CC)CC(CC(CC)CCCC)(O[PH](=O)OC(CC(CC)CCCC)(CC(CC)CCCC)C(CC)CCCC)C(CC)CCCC. The van der Waals surface area contributed by atoms with Crippen LogP contribution < -0.4 is 0 Å². The lowest BCUT2D eigenvalue weighted by atomic mass is 9.69. The van der Waals surface area contributed by atoms with E-state index in [9.17, 15) is 0 Å². The first-order valence-electron chi connectivity index (χ1n) is 24.0. The zero-order valence-corrected chi connectivity index (χ0v) is 39.0. The van der Waals surface area contributed by atoms with Crippen LogP contribution in [0.1, 0.15) is 263 Å². The van der Waals surface area contributed by atoms with Gasteiger partial charge in [0.15, 0.2) is 0 Å². The van der Waals surface area contributed by atoms with Crippen LogP contribution in [0.25, 0.3) is 0 Å². The van der Waals surface area contributed by atoms with Crippen LogP contribution in [0.2, 0.25) is 0 Å². The molecule has 0 rings (SSSR count). The van der Waals surface area contributed by atoms with Gasteiger partial charge in [-0.05, 0) is 74.0 Å². The largest absolute Gasteiger partial charge is 0.320 e. The Morgan fingerprint density at radius 3 is 0.788 bits per heavy atom. The molecule has 4 heteroatoms. The van der Waals surface area contributed by atoms with E-state index in [4.69, 9.17) is 9.05 Å². The van der Waals surface area contributed by atoms with E-state index in [-0.39, 0.29) is 0 Å². The van der Waals surface area contributed by atoms with Crippen molar-refractivity contribution in [2.24, 2.45) is 35.5 Å². The summed E-state index contributed by atoms with van der Waals surface area (Å²) in [5, 5.41) is 0. The molecule has 0 radical (unpaired) electrons. The summed E-state index contributed by atoms with van der Waals surface area (Å²) in [4.78, 5) is 0. The molecule has 0 aliphatic rings. The van der Waals surface area contributed by atoms with Gasteiger partial charge in [0.1, 0.15) is 0 Å². The fraction of sp³-hybridized carbons (Fsp3) is 1.00. The van der Waals surface area contributed by atoms with Crippen molar-refractivity contribution < 1.29 is 13.6 Å². The summed E-state index contributed by atoms with van der Waals surface area (Å²) in [6.07, 6.45) is 33.2. The Morgan fingerprint density at radius 1 is 0.365 bits per heavy atom. The molecule has 0 aromatic rings. The van der Waals surface area contributed by atoms with Gasteiger partial charge in [0.05, 0.1) is 11.2 Å². The molecular formula is C48H99O3P. The zero-order chi connectivity index (χ0) is 39.3. The third-order valence-electron chi connectivity index (χ3n) is 13.6. The minimum Gasteiger partial charge on any atom is -0.304 e. The molecule has 0 aromatic heterocycles. The lowest BCUT2D eigenvalue weighted by molar-refractivity contribution is -0.0836. The summed E-state index contributed by atoms with van der Waals surface area (Å²) < 4.78 is 30.3. The molecule has 0 saturated heterocycles. The van der Waals surface area contributed by atoms with Gasteiger partial charge in [-0.1, -0.05) is 224 Å². The summed E-state index contributed by atoms with van der Waals surface area (Å²) in [5.41, 5.74) is -0.781. The van der Waals surface area contributed by atoms with Gasteiger partial charge in [-0.2, -0.15) is 0 Å². The van der Waals surface area contributed by atoms with E-state index in [1.165, 1.54) is 141 Å². The molecule has 6 unspecified atom stereocenters. The highest BCUT2D eigenvalue weighted by Crippen LogP contribution is 2.54. The second-order valence-electron chi connectivity index (χ2n) is 17.6. The normalized spacial score (nSPS) is 18.6. The highest BCUT2D eigenvalue weighted by atomic mass is 31.1. The van der Waals surface area contributed by atoms with Crippen molar-refractivity contribution in [3.63, 3.8) is 0 Å². The molecule has 6 atom stereocenters. The zero-order valence-electron chi connectivity index (χ0n) is 38.0. The van der Waals surface area contributed by atoms with Gasteiger partial charge in [0.2, 0.25) is 0 Å². The van der Waals surface area contributed by atoms with E-state index in [1.807, 2.05) is 0 Å². The lowest BCUT2D eigenvalue weighted by Crippen LogP contribution is -2.45.